The van der Waals surface area contributed by atoms with Gasteiger partial charge in [-0.25, -0.2) is 4.98 Å². The third-order valence-corrected chi connectivity index (χ3v) is 5.89. The molecule has 2 N–H and O–H groups in total. The van der Waals surface area contributed by atoms with Crippen LogP contribution in [0, 0.1) is 0 Å². The average Bonchev–Trinajstić information content (AvgIpc) is 2.90. The quantitative estimate of drug-likeness (QED) is 0.850. The van der Waals surface area contributed by atoms with Crippen molar-refractivity contribution in [3.8, 4) is 0 Å². The van der Waals surface area contributed by atoms with Crippen molar-refractivity contribution in [2.24, 2.45) is 0 Å². The van der Waals surface area contributed by atoms with Gasteiger partial charge in [0.1, 0.15) is 0 Å². The van der Waals surface area contributed by atoms with Crippen LogP contribution in [0.3, 0.4) is 0 Å². The van der Waals surface area contributed by atoms with Gasteiger partial charge in [0.2, 0.25) is 5.91 Å². The molecule has 6 heteroatoms. The standard InChI is InChI=1S/C15H19N3OS2/c1-10-11(6-4-8-16-10)17-14(19)9-20-15-18-12-5-2-3-7-13(12)21-15/h2-3,5,7,10-11,16H,4,6,8-9H2,1H3,(H,17,19). The molecule has 1 amide bonds. The monoisotopic (exact) mass is 321 g/mol. The van der Waals surface area contributed by atoms with Gasteiger partial charge >= 0.3 is 0 Å². The van der Waals surface area contributed by atoms with E-state index in [0.29, 0.717) is 11.8 Å². The van der Waals surface area contributed by atoms with Gasteiger partial charge in [-0.3, -0.25) is 4.79 Å². The van der Waals surface area contributed by atoms with E-state index in [9.17, 15) is 4.79 Å². The molecule has 2 atom stereocenters. The Morgan fingerprint density at radius 1 is 1.52 bits per heavy atom. The first-order chi connectivity index (χ1) is 10.2. The molecule has 1 aliphatic heterocycles. The lowest BCUT2D eigenvalue weighted by molar-refractivity contribution is -0.119. The largest absolute Gasteiger partial charge is 0.351 e. The molecule has 0 saturated carbocycles. The van der Waals surface area contributed by atoms with Crippen molar-refractivity contribution in [1.82, 2.24) is 15.6 Å². The summed E-state index contributed by atoms with van der Waals surface area (Å²) in [7, 11) is 0. The van der Waals surface area contributed by atoms with Gasteiger partial charge in [-0.05, 0) is 38.4 Å². The summed E-state index contributed by atoms with van der Waals surface area (Å²) in [5.74, 6) is 0.531. The van der Waals surface area contributed by atoms with Crippen LogP contribution < -0.4 is 10.6 Å². The molecule has 1 saturated heterocycles. The summed E-state index contributed by atoms with van der Waals surface area (Å²) in [5, 5.41) is 6.52. The van der Waals surface area contributed by atoms with Crippen molar-refractivity contribution < 1.29 is 4.79 Å². The number of para-hydroxylation sites is 1. The van der Waals surface area contributed by atoms with Gasteiger partial charge in [0.05, 0.1) is 16.0 Å². The van der Waals surface area contributed by atoms with Crippen LogP contribution in [0.2, 0.25) is 0 Å². The third-order valence-electron chi connectivity index (χ3n) is 3.71. The average molecular weight is 321 g/mol. The first-order valence-corrected chi connectivity index (χ1v) is 9.04. The highest BCUT2D eigenvalue weighted by molar-refractivity contribution is 8.01. The second-order valence-electron chi connectivity index (χ2n) is 5.30. The molecule has 0 radical (unpaired) electrons. The highest BCUT2D eigenvalue weighted by Gasteiger charge is 2.22. The Bertz CT molecular complexity index is 595. The molecular weight excluding hydrogens is 302 g/mol. The smallest absolute Gasteiger partial charge is 0.230 e. The summed E-state index contributed by atoms with van der Waals surface area (Å²) in [6, 6.07) is 8.68. The highest BCUT2D eigenvalue weighted by atomic mass is 32.2. The van der Waals surface area contributed by atoms with Crippen molar-refractivity contribution >= 4 is 39.2 Å². The van der Waals surface area contributed by atoms with E-state index in [-0.39, 0.29) is 11.9 Å². The van der Waals surface area contributed by atoms with Crippen molar-refractivity contribution in [2.45, 2.75) is 36.2 Å². The lowest BCUT2D eigenvalue weighted by atomic mass is 10.00. The molecule has 0 spiro atoms. The van der Waals surface area contributed by atoms with Crippen LogP contribution in [0.5, 0.6) is 0 Å². The summed E-state index contributed by atoms with van der Waals surface area (Å²) in [6.45, 7) is 3.18. The zero-order chi connectivity index (χ0) is 14.7. The minimum atomic E-state index is 0.0970. The maximum absolute atomic E-state index is 12.1. The molecule has 3 rings (SSSR count). The number of amides is 1. The van der Waals surface area contributed by atoms with Crippen molar-refractivity contribution in [2.75, 3.05) is 12.3 Å². The van der Waals surface area contributed by atoms with Gasteiger partial charge in [-0.1, -0.05) is 23.9 Å². The number of aromatic nitrogens is 1. The van der Waals surface area contributed by atoms with Crippen LogP contribution in [0.4, 0.5) is 0 Å². The second-order valence-corrected chi connectivity index (χ2v) is 7.55. The summed E-state index contributed by atoms with van der Waals surface area (Å²) >= 11 is 3.16. The molecule has 21 heavy (non-hydrogen) atoms. The van der Waals surface area contributed by atoms with Crippen LogP contribution in [0.25, 0.3) is 10.2 Å². The minimum absolute atomic E-state index is 0.0970. The number of nitrogens with one attached hydrogen (secondary N) is 2. The van der Waals surface area contributed by atoms with Gasteiger partial charge < -0.3 is 10.6 Å². The minimum Gasteiger partial charge on any atom is -0.351 e. The Balaban J connectivity index is 1.53. The maximum Gasteiger partial charge on any atom is 0.230 e. The van der Waals surface area contributed by atoms with Gasteiger partial charge in [0.15, 0.2) is 4.34 Å². The van der Waals surface area contributed by atoms with Gasteiger partial charge in [0.25, 0.3) is 0 Å². The van der Waals surface area contributed by atoms with E-state index in [1.807, 2.05) is 18.2 Å². The molecule has 2 aromatic rings. The number of hydrogen-bond acceptors (Lipinski definition) is 5. The van der Waals surface area contributed by atoms with E-state index in [0.717, 1.165) is 29.2 Å². The van der Waals surface area contributed by atoms with E-state index >= 15 is 0 Å². The fourth-order valence-electron chi connectivity index (χ4n) is 2.53. The lowest BCUT2D eigenvalue weighted by Crippen LogP contribution is -2.52. The molecule has 0 aliphatic carbocycles. The van der Waals surface area contributed by atoms with Crippen LogP contribution in [-0.4, -0.2) is 35.3 Å². The number of carbonyl (C=O) groups excluding carboxylic acids is 1. The molecule has 1 fully saturated rings. The number of hydrogen-bond donors (Lipinski definition) is 2. The Hall–Kier alpha value is -1.11. The van der Waals surface area contributed by atoms with Crippen LogP contribution >= 0.6 is 23.1 Å². The Morgan fingerprint density at radius 3 is 3.19 bits per heavy atom. The van der Waals surface area contributed by atoms with Gasteiger partial charge in [-0.2, -0.15) is 0 Å². The predicted octanol–water partition coefficient (Wildman–Crippen LogP) is 2.65. The van der Waals surface area contributed by atoms with Crippen LogP contribution in [0.1, 0.15) is 19.8 Å². The Kier molecular flexibility index (Phi) is 4.77. The fraction of sp³-hybridized carbons (Fsp3) is 0.467. The van der Waals surface area contributed by atoms with Crippen molar-refractivity contribution in [3.05, 3.63) is 24.3 Å². The number of thiazole rings is 1. The number of benzene rings is 1. The molecule has 1 aromatic carbocycles. The Labute approximate surface area is 132 Å². The molecule has 1 aromatic heterocycles. The first kappa shape index (κ1) is 14.8. The highest BCUT2D eigenvalue weighted by Crippen LogP contribution is 2.29. The molecule has 4 nitrogen and oxygen atoms in total. The summed E-state index contributed by atoms with van der Waals surface area (Å²) in [5.41, 5.74) is 1.01. The molecular formula is C15H19N3OS2. The zero-order valence-corrected chi connectivity index (χ0v) is 13.6. The van der Waals surface area contributed by atoms with E-state index in [1.54, 1.807) is 11.3 Å². The number of piperidine rings is 1. The van der Waals surface area contributed by atoms with E-state index < -0.39 is 0 Å². The molecule has 1 aliphatic rings. The van der Waals surface area contributed by atoms with Gasteiger partial charge in [0, 0.05) is 12.1 Å². The third kappa shape index (κ3) is 3.75. The second kappa shape index (κ2) is 6.77. The number of thioether (sulfide) groups is 1. The van der Waals surface area contributed by atoms with Crippen LogP contribution in [0.15, 0.2) is 28.6 Å². The summed E-state index contributed by atoms with van der Waals surface area (Å²) in [6.07, 6.45) is 2.19. The van der Waals surface area contributed by atoms with Crippen molar-refractivity contribution in [1.29, 1.82) is 0 Å². The molecule has 2 unspecified atom stereocenters. The SMILES string of the molecule is CC1NCCCC1NC(=O)CSc1nc2ccccc2s1. The summed E-state index contributed by atoms with van der Waals surface area (Å²) in [4.78, 5) is 16.6. The number of carbonyl (C=O) groups is 1. The number of fused-ring (bicyclic) bond motifs is 1. The van der Waals surface area contributed by atoms with E-state index in [1.165, 1.54) is 16.5 Å². The van der Waals surface area contributed by atoms with E-state index in [2.05, 4.69) is 28.6 Å². The Morgan fingerprint density at radius 2 is 2.38 bits per heavy atom. The molecule has 0 bridgehead atoms. The van der Waals surface area contributed by atoms with E-state index in [4.69, 9.17) is 0 Å². The fourth-order valence-corrected chi connectivity index (χ4v) is 4.41. The lowest BCUT2D eigenvalue weighted by Gasteiger charge is -2.30. The molecule has 2 heterocycles. The van der Waals surface area contributed by atoms with Crippen molar-refractivity contribution in [3.63, 3.8) is 0 Å². The van der Waals surface area contributed by atoms with Crippen LogP contribution in [-0.2, 0) is 4.79 Å². The number of rotatable bonds is 4. The van der Waals surface area contributed by atoms with Gasteiger partial charge in [-0.15, -0.1) is 11.3 Å². The molecule has 112 valence electrons. The summed E-state index contributed by atoms with van der Waals surface area (Å²) < 4.78 is 2.13. The predicted molar refractivity (Wildman–Crippen MR) is 89.0 cm³/mol. The first-order valence-electron chi connectivity index (χ1n) is 7.23. The topological polar surface area (TPSA) is 54.0 Å². The zero-order valence-electron chi connectivity index (χ0n) is 12.0. The maximum atomic E-state index is 12.1. The number of nitrogens with zero attached hydrogens (tertiary/aromatic N) is 1. The normalized spacial score (nSPS) is 22.3.